The third-order valence-electron chi connectivity index (χ3n) is 2.39. The predicted octanol–water partition coefficient (Wildman–Crippen LogP) is 2.73. The Hall–Kier alpha value is -2.11. The van der Waals surface area contributed by atoms with Gasteiger partial charge in [0.2, 0.25) is 0 Å². The van der Waals surface area contributed by atoms with Crippen molar-refractivity contribution in [2.45, 2.75) is 26.7 Å². The van der Waals surface area contributed by atoms with Gasteiger partial charge in [-0.2, -0.15) is 0 Å². The van der Waals surface area contributed by atoms with Crippen LogP contribution in [-0.4, -0.2) is 21.7 Å². The lowest BCUT2D eigenvalue weighted by molar-refractivity contribution is 0.400. The average molecular weight is 247 g/mol. The summed E-state index contributed by atoms with van der Waals surface area (Å²) in [5.41, 5.74) is 0. The number of rotatable bonds is 6. The van der Waals surface area contributed by atoms with E-state index in [1.807, 2.05) is 19.1 Å². The molecule has 6 nitrogen and oxygen atoms in total. The fraction of sp³-hybridized carbons (Fsp3) is 0.417. The number of hydrogen-bond acceptors (Lipinski definition) is 6. The van der Waals surface area contributed by atoms with Crippen LogP contribution in [0, 0.1) is 6.92 Å². The van der Waals surface area contributed by atoms with Crippen molar-refractivity contribution in [3.63, 3.8) is 0 Å². The van der Waals surface area contributed by atoms with Crippen LogP contribution in [-0.2, 0) is 0 Å². The van der Waals surface area contributed by atoms with Crippen LogP contribution in [0.4, 0.5) is 17.5 Å². The summed E-state index contributed by atoms with van der Waals surface area (Å²) in [6, 6.07) is 3.66. The zero-order valence-electron chi connectivity index (χ0n) is 10.6. The lowest BCUT2D eigenvalue weighted by Gasteiger charge is -2.06. The highest BCUT2D eigenvalue weighted by Gasteiger charge is 2.02. The largest absolute Gasteiger partial charge is 0.370 e. The van der Waals surface area contributed by atoms with Crippen LogP contribution in [0.5, 0.6) is 0 Å². The summed E-state index contributed by atoms with van der Waals surface area (Å²) in [6.45, 7) is 4.91. The Morgan fingerprint density at radius 1 is 1.17 bits per heavy atom. The molecule has 0 atom stereocenters. The molecule has 96 valence electrons. The van der Waals surface area contributed by atoms with Gasteiger partial charge >= 0.3 is 0 Å². The lowest BCUT2D eigenvalue weighted by atomic mass is 10.3. The maximum absolute atomic E-state index is 4.97. The minimum Gasteiger partial charge on any atom is -0.370 e. The van der Waals surface area contributed by atoms with Crippen LogP contribution in [0.1, 0.15) is 25.5 Å². The van der Waals surface area contributed by atoms with E-state index in [0.717, 1.165) is 31.0 Å². The number of anilines is 3. The molecule has 0 aliphatic heterocycles. The maximum atomic E-state index is 4.97. The van der Waals surface area contributed by atoms with E-state index in [-0.39, 0.29) is 0 Å². The molecule has 2 heterocycles. The van der Waals surface area contributed by atoms with Gasteiger partial charge < -0.3 is 15.2 Å². The highest BCUT2D eigenvalue weighted by Crippen LogP contribution is 2.15. The smallest absolute Gasteiger partial charge is 0.175 e. The van der Waals surface area contributed by atoms with E-state index in [1.165, 1.54) is 6.33 Å². The molecule has 18 heavy (non-hydrogen) atoms. The molecule has 0 radical (unpaired) electrons. The van der Waals surface area contributed by atoms with Crippen molar-refractivity contribution in [1.82, 2.24) is 15.1 Å². The Morgan fingerprint density at radius 3 is 2.72 bits per heavy atom. The van der Waals surface area contributed by atoms with Crippen molar-refractivity contribution in [1.29, 1.82) is 0 Å². The summed E-state index contributed by atoms with van der Waals surface area (Å²) < 4.78 is 4.97. The van der Waals surface area contributed by atoms with Crippen LogP contribution >= 0.6 is 0 Å². The summed E-state index contributed by atoms with van der Waals surface area (Å²) in [4.78, 5) is 8.28. The maximum Gasteiger partial charge on any atom is 0.175 e. The monoisotopic (exact) mass is 247 g/mol. The van der Waals surface area contributed by atoms with Gasteiger partial charge in [-0.3, -0.25) is 0 Å². The molecule has 0 amide bonds. The van der Waals surface area contributed by atoms with Crippen LogP contribution in [0.2, 0.25) is 0 Å². The third kappa shape index (κ3) is 3.44. The van der Waals surface area contributed by atoms with Crippen molar-refractivity contribution in [3.05, 3.63) is 24.2 Å². The molecular formula is C12H17N5O. The number of unbranched alkanes of at least 4 members (excludes halogenated alkanes) is 1. The first-order chi connectivity index (χ1) is 8.78. The summed E-state index contributed by atoms with van der Waals surface area (Å²) >= 11 is 0. The molecule has 2 aromatic rings. The van der Waals surface area contributed by atoms with Crippen molar-refractivity contribution in [3.8, 4) is 0 Å². The molecule has 0 bridgehead atoms. The summed E-state index contributed by atoms with van der Waals surface area (Å²) in [7, 11) is 0. The molecule has 2 aromatic heterocycles. The van der Waals surface area contributed by atoms with E-state index in [9.17, 15) is 0 Å². The number of aryl methyl sites for hydroxylation is 1. The molecule has 0 saturated heterocycles. The second-order valence-electron chi connectivity index (χ2n) is 4.02. The summed E-state index contributed by atoms with van der Waals surface area (Å²) in [6.07, 6.45) is 3.79. The minimum absolute atomic E-state index is 0.644. The van der Waals surface area contributed by atoms with Crippen LogP contribution < -0.4 is 10.6 Å². The topological polar surface area (TPSA) is 75.9 Å². The zero-order chi connectivity index (χ0) is 12.8. The normalized spacial score (nSPS) is 10.3. The van der Waals surface area contributed by atoms with Gasteiger partial charge in [0, 0.05) is 18.7 Å². The highest BCUT2D eigenvalue weighted by atomic mass is 16.5. The van der Waals surface area contributed by atoms with Crippen LogP contribution in [0.3, 0.4) is 0 Å². The van der Waals surface area contributed by atoms with Crippen LogP contribution in [0.25, 0.3) is 0 Å². The molecule has 0 unspecified atom stereocenters. The van der Waals surface area contributed by atoms with Crippen molar-refractivity contribution < 1.29 is 4.52 Å². The number of nitrogens with one attached hydrogen (secondary N) is 2. The van der Waals surface area contributed by atoms with Gasteiger partial charge in [-0.15, -0.1) is 0 Å². The molecular weight excluding hydrogens is 230 g/mol. The van der Waals surface area contributed by atoms with E-state index in [4.69, 9.17) is 4.52 Å². The first-order valence-electron chi connectivity index (χ1n) is 6.04. The highest BCUT2D eigenvalue weighted by molar-refractivity contribution is 5.55. The molecule has 0 aliphatic carbocycles. The second-order valence-corrected chi connectivity index (χ2v) is 4.02. The molecule has 6 heteroatoms. The molecule has 2 N–H and O–H groups in total. The predicted molar refractivity (Wildman–Crippen MR) is 70.0 cm³/mol. The van der Waals surface area contributed by atoms with E-state index >= 15 is 0 Å². The Labute approximate surface area is 106 Å². The molecule has 0 saturated carbocycles. The standard InChI is InChI=1S/C12H17N5O/c1-3-4-5-13-10-7-11(15-8-14-10)16-12-6-9(2)18-17-12/h6-8H,3-5H2,1-2H3,(H2,13,14,15,16,17). The second kappa shape index (κ2) is 6.00. The van der Waals surface area contributed by atoms with Gasteiger partial charge in [0.25, 0.3) is 0 Å². The lowest BCUT2D eigenvalue weighted by Crippen LogP contribution is -2.04. The molecule has 0 aliphatic rings. The van der Waals surface area contributed by atoms with Crippen molar-refractivity contribution in [2.24, 2.45) is 0 Å². The van der Waals surface area contributed by atoms with E-state index < -0.39 is 0 Å². The average Bonchev–Trinajstić information content (AvgIpc) is 2.76. The van der Waals surface area contributed by atoms with Gasteiger partial charge in [-0.1, -0.05) is 18.5 Å². The Morgan fingerprint density at radius 2 is 2.00 bits per heavy atom. The Kier molecular flexibility index (Phi) is 4.11. The molecule has 0 fully saturated rings. The quantitative estimate of drug-likeness (QED) is 0.764. The fourth-order valence-corrected chi connectivity index (χ4v) is 1.47. The third-order valence-corrected chi connectivity index (χ3v) is 2.39. The minimum atomic E-state index is 0.644. The van der Waals surface area contributed by atoms with Gasteiger partial charge in [-0.05, 0) is 13.3 Å². The number of nitrogens with zero attached hydrogens (tertiary/aromatic N) is 3. The SMILES string of the molecule is CCCCNc1cc(Nc2cc(C)on2)ncn1. The van der Waals surface area contributed by atoms with E-state index in [2.05, 4.69) is 32.7 Å². The van der Waals surface area contributed by atoms with Crippen molar-refractivity contribution in [2.75, 3.05) is 17.2 Å². The Balaban J connectivity index is 1.98. The molecule has 0 spiro atoms. The van der Waals surface area contributed by atoms with Gasteiger partial charge in [0.05, 0.1) is 0 Å². The van der Waals surface area contributed by atoms with E-state index in [0.29, 0.717) is 11.6 Å². The summed E-state index contributed by atoms with van der Waals surface area (Å²) in [5.74, 6) is 2.90. The van der Waals surface area contributed by atoms with E-state index in [1.54, 1.807) is 0 Å². The molecule has 0 aromatic carbocycles. The van der Waals surface area contributed by atoms with Crippen LogP contribution in [0.15, 0.2) is 23.0 Å². The first kappa shape index (κ1) is 12.3. The summed E-state index contributed by atoms with van der Waals surface area (Å²) in [5, 5.41) is 10.2. The molecule has 2 rings (SSSR count). The zero-order valence-corrected chi connectivity index (χ0v) is 10.6. The number of hydrogen-bond donors (Lipinski definition) is 2. The Bertz CT molecular complexity index is 497. The van der Waals surface area contributed by atoms with Gasteiger partial charge in [-0.25, -0.2) is 9.97 Å². The fourth-order valence-electron chi connectivity index (χ4n) is 1.47. The van der Waals surface area contributed by atoms with Gasteiger partial charge in [0.15, 0.2) is 5.82 Å². The first-order valence-corrected chi connectivity index (χ1v) is 6.04. The number of aromatic nitrogens is 3. The van der Waals surface area contributed by atoms with Crippen molar-refractivity contribution >= 4 is 17.5 Å². The van der Waals surface area contributed by atoms with Gasteiger partial charge in [0.1, 0.15) is 23.7 Å².